The lowest BCUT2D eigenvalue weighted by atomic mass is 9.77. The minimum atomic E-state index is -0.346. The van der Waals surface area contributed by atoms with Gasteiger partial charge >= 0.3 is 0 Å². The monoisotopic (exact) mass is 435 g/mol. The number of amides is 1. The van der Waals surface area contributed by atoms with Crippen molar-refractivity contribution in [1.82, 2.24) is 0 Å². The van der Waals surface area contributed by atoms with Gasteiger partial charge in [-0.2, -0.15) is 0 Å². The highest BCUT2D eigenvalue weighted by atomic mass is 16.5. The van der Waals surface area contributed by atoms with Crippen molar-refractivity contribution >= 4 is 17.4 Å². The lowest BCUT2D eigenvalue weighted by Gasteiger charge is -2.38. The average Bonchev–Trinajstić information content (AvgIpc) is 2.76. The van der Waals surface area contributed by atoms with E-state index in [-0.39, 0.29) is 24.0 Å². The molecule has 1 aliphatic heterocycles. The van der Waals surface area contributed by atoms with E-state index in [1.54, 1.807) is 26.2 Å². The molecule has 1 atom stereocenters. The Morgan fingerprint density at radius 1 is 0.844 bits per heavy atom. The van der Waals surface area contributed by atoms with E-state index in [1.165, 1.54) is 0 Å². The summed E-state index contributed by atoms with van der Waals surface area (Å²) in [6.07, 6.45) is 2.14. The number of benzene rings is 2. The van der Waals surface area contributed by atoms with Gasteiger partial charge in [-0.25, -0.2) is 0 Å². The van der Waals surface area contributed by atoms with Crippen molar-refractivity contribution in [2.45, 2.75) is 45.4 Å². The van der Waals surface area contributed by atoms with Gasteiger partial charge in [-0.1, -0.05) is 6.07 Å². The Morgan fingerprint density at radius 3 is 2.03 bits per heavy atom. The Bertz CT molecular complexity index is 1070. The number of hydrogen-bond acceptors (Lipinski definition) is 5. The number of aryl methyl sites for hydroxylation is 2. The van der Waals surface area contributed by atoms with E-state index in [2.05, 4.69) is 6.07 Å². The first kappa shape index (κ1) is 21.9. The Kier molecular flexibility index (Phi) is 5.96. The largest absolute Gasteiger partial charge is 0.493 e. The summed E-state index contributed by atoms with van der Waals surface area (Å²) in [6, 6.07) is 9.79. The molecule has 0 N–H and O–H groups in total. The second-order valence-corrected chi connectivity index (χ2v) is 8.43. The molecular formula is C26H29NO5. The van der Waals surface area contributed by atoms with Crippen molar-refractivity contribution in [2.75, 3.05) is 26.2 Å². The highest BCUT2D eigenvalue weighted by Crippen LogP contribution is 2.47. The van der Waals surface area contributed by atoms with Crippen molar-refractivity contribution in [1.29, 1.82) is 0 Å². The van der Waals surface area contributed by atoms with Gasteiger partial charge in [0.15, 0.2) is 17.3 Å². The van der Waals surface area contributed by atoms with Crippen molar-refractivity contribution in [3.05, 3.63) is 58.3 Å². The predicted molar refractivity (Wildman–Crippen MR) is 123 cm³/mol. The number of anilines is 1. The molecule has 0 saturated carbocycles. The van der Waals surface area contributed by atoms with Crippen LogP contribution in [0, 0.1) is 13.8 Å². The van der Waals surface area contributed by atoms with Crippen LogP contribution >= 0.6 is 0 Å². The van der Waals surface area contributed by atoms with Gasteiger partial charge in [-0.05, 0) is 67.6 Å². The molecule has 0 aromatic heterocycles. The Hall–Kier alpha value is -3.28. The molecule has 4 rings (SSSR count). The van der Waals surface area contributed by atoms with Gasteiger partial charge in [0.25, 0.3) is 0 Å². The quantitative estimate of drug-likeness (QED) is 0.671. The molecule has 6 heteroatoms. The Morgan fingerprint density at radius 2 is 1.47 bits per heavy atom. The fourth-order valence-electron chi connectivity index (χ4n) is 4.96. The summed E-state index contributed by atoms with van der Waals surface area (Å²) in [5, 5.41) is 0. The average molecular weight is 436 g/mol. The van der Waals surface area contributed by atoms with Gasteiger partial charge in [0.2, 0.25) is 11.7 Å². The van der Waals surface area contributed by atoms with E-state index in [1.807, 2.05) is 38.1 Å². The first-order chi connectivity index (χ1) is 15.4. The van der Waals surface area contributed by atoms with E-state index in [0.717, 1.165) is 40.1 Å². The third-order valence-corrected chi connectivity index (χ3v) is 6.23. The first-order valence-corrected chi connectivity index (χ1v) is 10.8. The first-order valence-electron chi connectivity index (χ1n) is 10.8. The van der Waals surface area contributed by atoms with Crippen LogP contribution in [0.2, 0.25) is 0 Å². The molecule has 0 bridgehead atoms. The maximum Gasteiger partial charge on any atom is 0.232 e. The number of rotatable bonds is 5. The van der Waals surface area contributed by atoms with E-state index >= 15 is 0 Å². The molecule has 2 aliphatic rings. The normalized spacial score (nSPS) is 18.5. The summed E-state index contributed by atoms with van der Waals surface area (Å²) in [4.78, 5) is 28.4. The number of allylic oxidation sites excluding steroid dienone is 2. The molecule has 0 spiro atoms. The van der Waals surface area contributed by atoms with Crippen molar-refractivity contribution in [3.63, 3.8) is 0 Å². The van der Waals surface area contributed by atoms with Crippen molar-refractivity contribution in [2.24, 2.45) is 0 Å². The van der Waals surface area contributed by atoms with Crippen LogP contribution in [0.15, 0.2) is 41.6 Å². The zero-order valence-corrected chi connectivity index (χ0v) is 19.3. The molecule has 1 heterocycles. The van der Waals surface area contributed by atoms with Gasteiger partial charge in [0.1, 0.15) is 0 Å². The van der Waals surface area contributed by atoms with E-state index in [9.17, 15) is 9.59 Å². The molecule has 1 aliphatic carbocycles. The lowest BCUT2D eigenvalue weighted by molar-refractivity contribution is -0.119. The topological polar surface area (TPSA) is 65.1 Å². The number of methoxy groups -OCH3 is 3. The van der Waals surface area contributed by atoms with Crippen LogP contribution in [0.1, 0.15) is 48.3 Å². The van der Waals surface area contributed by atoms with Crippen LogP contribution in [0.3, 0.4) is 0 Å². The maximum atomic E-state index is 13.5. The summed E-state index contributed by atoms with van der Waals surface area (Å²) in [5.41, 5.74) is 5.37. The van der Waals surface area contributed by atoms with Crippen LogP contribution in [-0.4, -0.2) is 33.0 Å². The summed E-state index contributed by atoms with van der Waals surface area (Å²) in [6.45, 7) is 4.04. The van der Waals surface area contributed by atoms with E-state index in [4.69, 9.17) is 14.2 Å². The zero-order chi connectivity index (χ0) is 23.0. The molecule has 0 radical (unpaired) electrons. The standard InChI is InChI=1S/C26H29NO5/c1-15-9-16(2)11-18(10-15)27-20-7-6-8-21(28)25(20)19(14-24(27)29)17-12-22(30-3)26(32-5)23(13-17)31-4/h9-13,19H,6-8,14H2,1-5H3. The highest BCUT2D eigenvalue weighted by molar-refractivity contribution is 6.07. The minimum absolute atomic E-state index is 0.0119. The van der Waals surface area contributed by atoms with Crippen LogP contribution in [0.5, 0.6) is 17.2 Å². The molecule has 1 unspecified atom stereocenters. The molecule has 32 heavy (non-hydrogen) atoms. The summed E-state index contributed by atoms with van der Waals surface area (Å²) in [7, 11) is 4.67. The highest BCUT2D eigenvalue weighted by Gasteiger charge is 2.40. The fourth-order valence-corrected chi connectivity index (χ4v) is 4.96. The van der Waals surface area contributed by atoms with Gasteiger partial charge < -0.3 is 14.2 Å². The van der Waals surface area contributed by atoms with Gasteiger partial charge in [-0.15, -0.1) is 0 Å². The second kappa shape index (κ2) is 8.69. The lowest BCUT2D eigenvalue weighted by Crippen LogP contribution is -2.40. The summed E-state index contributed by atoms with van der Waals surface area (Å²) < 4.78 is 16.5. The fraction of sp³-hybridized carbons (Fsp3) is 0.385. The third-order valence-electron chi connectivity index (χ3n) is 6.23. The Labute approximate surface area is 188 Å². The van der Waals surface area contributed by atoms with Crippen molar-refractivity contribution < 1.29 is 23.8 Å². The number of Topliss-reactive ketones (excluding diaryl/α,β-unsaturated/α-hetero) is 1. The SMILES string of the molecule is COc1cc(C2CC(=O)N(c3cc(C)cc(C)c3)C3=C2C(=O)CCC3)cc(OC)c1OC. The molecule has 0 fully saturated rings. The van der Waals surface area contributed by atoms with Crippen LogP contribution < -0.4 is 19.1 Å². The Balaban J connectivity index is 1.89. The van der Waals surface area contributed by atoms with Crippen LogP contribution in [0.25, 0.3) is 0 Å². The van der Waals surface area contributed by atoms with Crippen LogP contribution in [-0.2, 0) is 9.59 Å². The third kappa shape index (κ3) is 3.74. The summed E-state index contributed by atoms with van der Waals surface area (Å²) in [5.74, 6) is 1.25. The van der Waals surface area contributed by atoms with Crippen molar-refractivity contribution in [3.8, 4) is 17.2 Å². The summed E-state index contributed by atoms with van der Waals surface area (Å²) >= 11 is 0. The molecule has 168 valence electrons. The van der Waals surface area contributed by atoms with Crippen LogP contribution in [0.4, 0.5) is 5.69 Å². The molecular weight excluding hydrogens is 406 g/mol. The minimum Gasteiger partial charge on any atom is -0.493 e. The molecule has 2 aromatic rings. The van der Waals surface area contributed by atoms with E-state index in [0.29, 0.717) is 30.1 Å². The molecule has 0 saturated heterocycles. The second-order valence-electron chi connectivity index (χ2n) is 8.43. The van der Waals surface area contributed by atoms with Gasteiger partial charge in [0, 0.05) is 35.7 Å². The van der Waals surface area contributed by atoms with Gasteiger partial charge in [-0.3, -0.25) is 14.5 Å². The van der Waals surface area contributed by atoms with Gasteiger partial charge in [0.05, 0.1) is 21.3 Å². The number of hydrogen-bond donors (Lipinski definition) is 0. The smallest absolute Gasteiger partial charge is 0.232 e. The number of ketones is 1. The number of carbonyl (C=O) groups is 2. The van der Waals surface area contributed by atoms with E-state index < -0.39 is 0 Å². The number of ether oxygens (including phenoxy) is 3. The molecule has 6 nitrogen and oxygen atoms in total. The maximum absolute atomic E-state index is 13.5. The molecule has 2 aromatic carbocycles. The number of nitrogens with zero attached hydrogens (tertiary/aromatic N) is 1. The molecule has 1 amide bonds. The zero-order valence-electron chi connectivity index (χ0n) is 19.3. The predicted octanol–water partition coefficient (Wildman–Crippen LogP) is 4.86. The number of carbonyl (C=O) groups excluding carboxylic acids is 2.